The molecule has 15 heteroatoms. The van der Waals surface area contributed by atoms with Gasteiger partial charge in [-0.2, -0.15) is 12.7 Å². The fraction of sp³-hybridized carbons (Fsp3) is 0.417. The molecule has 2 unspecified atom stereocenters. The first-order valence-electron chi connectivity index (χ1n) is 7.22. The van der Waals surface area contributed by atoms with Gasteiger partial charge in [0.25, 0.3) is 11.8 Å². The number of aromatic nitrogens is 1. The van der Waals surface area contributed by atoms with E-state index in [0.717, 1.165) is 11.3 Å². The van der Waals surface area contributed by atoms with E-state index in [2.05, 4.69) is 25.0 Å². The molecule has 4 N–H and O–H groups in total. The van der Waals surface area contributed by atoms with Crippen LogP contribution in [0.15, 0.2) is 10.5 Å². The lowest BCUT2D eigenvalue weighted by molar-refractivity contribution is -0.163. The number of ether oxygens (including phenoxy) is 1. The molecule has 2 heterocycles. The van der Waals surface area contributed by atoms with Crippen LogP contribution in [0.2, 0.25) is 0 Å². The number of carbonyl (C=O) groups excluding carboxylic acids is 3. The number of carbonyl (C=O) groups is 3. The highest BCUT2D eigenvalue weighted by Gasteiger charge is 2.58. The number of nitrogens with two attached hydrogens (primary N) is 1. The fourth-order valence-electron chi connectivity index (χ4n) is 2.22. The summed E-state index contributed by atoms with van der Waals surface area (Å²) in [6.45, 7) is 1.34. The molecule has 1 aromatic rings. The lowest BCUT2D eigenvalue weighted by Crippen LogP contribution is -2.75. The van der Waals surface area contributed by atoms with Crippen LogP contribution in [0.5, 0.6) is 0 Å². The van der Waals surface area contributed by atoms with Gasteiger partial charge in [-0.25, -0.2) is 9.78 Å². The predicted octanol–water partition coefficient (Wildman–Crippen LogP) is -1.86. The number of nitrogens with zero attached hydrogens (tertiary/aromatic N) is 3. The molecule has 0 aliphatic carbocycles. The number of hydrogen-bond donors (Lipinski definition) is 3. The van der Waals surface area contributed by atoms with Crippen molar-refractivity contribution < 1.29 is 36.9 Å². The van der Waals surface area contributed by atoms with Gasteiger partial charge >= 0.3 is 16.3 Å². The van der Waals surface area contributed by atoms with Crippen molar-refractivity contribution in [2.45, 2.75) is 19.0 Å². The van der Waals surface area contributed by atoms with Gasteiger partial charge in [-0.05, 0) is 6.92 Å². The third-order valence-corrected chi connectivity index (χ3v) is 4.86. The Labute approximate surface area is 157 Å². The highest BCUT2D eigenvalue weighted by Crippen LogP contribution is 2.25. The number of rotatable bonds is 7. The number of amides is 2. The Morgan fingerprint density at radius 3 is 2.67 bits per heavy atom. The quantitative estimate of drug-likeness (QED) is 0.148. The minimum Gasteiger partial charge on any atom is -0.464 e. The lowest BCUT2D eigenvalue weighted by Gasteiger charge is -2.42. The molecule has 1 aliphatic rings. The normalized spacial score (nSPS) is 20.0. The summed E-state index contributed by atoms with van der Waals surface area (Å²) >= 11 is 1.02. The van der Waals surface area contributed by atoms with Crippen LogP contribution in [0.1, 0.15) is 12.6 Å². The Morgan fingerprint density at radius 2 is 2.19 bits per heavy atom. The zero-order valence-electron chi connectivity index (χ0n) is 14.0. The molecule has 0 saturated carbocycles. The minimum atomic E-state index is -5.03. The molecule has 0 aromatic carbocycles. The van der Waals surface area contributed by atoms with Crippen LogP contribution in [0.25, 0.3) is 0 Å². The molecule has 2 amide bonds. The first-order valence-corrected chi connectivity index (χ1v) is 9.50. The third kappa shape index (κ3) is 4.15. The first kappa shape index (κ1) is 20.5. The van der Waals surface area contributed by atoms with Crippen LogP contribution in [0.3, 0.4) is 0 Å². The zero-order valence-corrected chi connectivity index (χ0v) is 15.6. The zero-order chi connectivity index (χ0) is 20.4. The second-order valence-electron chi connectivity index (χ2n) is 4.95. The molecule has 1 fully saturated rings. The van der Waals surface area contributed by atoms with Crippen molar-refractivity contribution in [2.24, 2.45) is 5.16 Å². The highest BCUT2D eigenvalue weighted by molar-refractivity contribution is 7.84. The maximum absolute atomic E-state index is 12.4. The second kappa shape index (κ2) is 7.85. The van der Waals surface area contributed by atoms with Gasteiger partial charge in [0.2, 0.25) is 0 Å². The molecule has 148 valence electrons. The Balaban J connectivity index is 2.27. The summed E-state index contributed by atoms with van der Waals surface area (Å²) in [5, 5.41) is 7.21. The van der Waals surface area contributed by atoms with Crippen LogP contribution in [0.4, 0.5) is 5.13 Å². The summed E-state index contributed by atoms with van der Waals surface area (Å²) in [5.41, 5.74) is 5.19. The van der Waals surface area contributed by atoms with Gasteiger partial charge in [-0.3, -0.25) is 14.1 Å². The van der Waals surface area contributed by atoms with E-state index < -0.39 is 40.2 Å². The Morgan fingerprint density at radius 1 is 1.52 bits per heavy atom. The number of nitrogen functional groups attached to an aromatic ring is 1. The highest BCUT2D eigenvalue weighted by atomic mass is 32.2. The van der Waals surface area contributed by atoms with Crippen molar-refractivity contribution in [1.82, 2.24) is 14.6 Å². The molecule has 0 spiro atoms. The number of β-lactam (4-membered cyclic amide) rings is 1. The molecular formula is C12H15N5O8S2. The van der Waals surface area contributed by atoms with E-state index in [4.69, 9.17) is 10.3 Å². The number of esters is 1. The van der Waals surface area contributed by atoms with E-state index in [1.54, 1.807) is 0 Å². The molecule has 1 aromatic heterocycles. The molecule has 1 saturated heterocycles. The summed E-state index contributed by atoms with van der Waals surface area (Å²) in [7, 11) is -3.86. The molecule has 1 aliphatic heterocycles. The average Bonchev–Trinajstić information content (AvgIpc) is 2.99. The molecule has 27 heavy (non-hydrogen) atoms. The van der Waals surface area contributed by atoms with Gasteiger partial charge in [0, 0.05) is 5.38 Å². The molecule has 2 atom stereocenters. The monoisotopic (exact) mass is 421 g/mol. The fourth-order valence-corrected chi connectivity index (χ4v) is 3.61. The molecule has 2 rings (SSSR count). The summed E-state index contributed by atoms with van der Waals surface area (Å²) in [4.78, 5) is 44.9. The van der Waals surface area contributed by atoms with E-state index in [0.29, 0.717) is 0 Å². The number of thiazole rings is 1. The van der Waals surface area contributed by atoms with Crippen molar-refractivity contribution in [2.75, 3.05) is 19.5 Å². The van der Waals surface area contributed by atoms with Gasteiger partial charge in [0.15, 0.2) is 16.9 Å². The van der Waals surface area contributed by atoms with Gasteiger partial charge < -0.3 is 20.6 Å². The van der Waals surface area contributed by atoms with Crippen molar-refractivity contribution in [3.05, 3.63) is 11.1 Å². The minimum absolute atomic E-state index is 0.0444. The summed E-state index contributed by atoms with van der Waals surface area (Å²) in [6, 6.07) is -3.36. The number of hydrogen-bond acceptors (Lipinski definition) is 11. The Bertz CT molecular complexity index is 895. The number of anilines is 1. The summed E-state index contributed by atoms with van der Waals surface area (Å²) < 4.78 is 36.3. The maximum atomic E-state index is 12.4. The van der Waals surface area contributed by atoms with Crippen molar-refractivity contribution in [3.63, 3.8) is 0 Å². The van der Waals surface area contributed by atoms with E-state index >= 15 is 0 Å². The van der Waals surface area contributed by atoms with Crippen molar-refractivity contribution >= 4 is 50.3 Å². The van der Waals surface area contributed by atoms with Crippen molar-refractivity contribution in [3.8, 4) is 0 Å². The van der Waals surface area contributed by atoms with E-state index in [-0.39, 0.29) is 27.4 Å². The van der Waals surface area contributed by atoms with Crippen molar-refractivity contribution in [1.29, 1.82) is 0 Å². The topological polar surface area (TPSA) is 191 Å². The average molecular weight is 421 g/mol. The predicted molar refractivity (Wildman–Crippen MR) is 90.8 cm³/mol. The lowest BCUT2D eigenvalue weighted by atomic mass is 9.98. The standard InChI is InChI=1S/C12H15N5O8S2/c1-3-25-11(20)8-7(10(19)17(8)27(21,22)23)15-9(18)6(16-24-2)5-4-26-12(13)14-5/h4,7-8H,3H2,1-2H3,(H2,13,14)(H,15,18)(H,21,22,23)/b16-6-. The third-order valence-electron chi connectivity index (χ3n) is 3.28. The maximum Gasteiger partial charge on any atom is 0.363 e. The number of oxime groups is 1. The van der Waals surface area contributed by atoms with Crippen LogP contribution in [-0.4, -0.2) is 71.6 Å². The van der Waals surface area contributed by atoms with Gasteiger partial charge in [-0.1, -0.05) is 5.16 Å². The first-order chi connectivity index (χ1) is 12.6. The van der Waals surface area contributed by atoms with E-state index in [1.807, 2.05) is 0 Å². The summed E-state index contributed by atoms with van der Waals surface area (Å²) in [5.74, 6) is -3.33. The molecule has 0 radical (unpaired) electrons. The van der Waals surface area contributed by atoms with E-state index in [9.17, 15) is 22.8 Å². The smallest absolute Gasteiger partial charge is 0.363 e. The Hall–Kier alpha value is -2.78. The van der Waals surface area contributed by atoms with Gasteiger partial charge in [-0.15, -0.1) is 11.3 Å². The summed E-state index contributed by atoms with van der Waals surface area (Å²) in [6.07, 6.45) is 0. The largest absolute Gasteiger partial charge is 0.464 e. The van der Waals surface area contributed by atoms with E-state index in [1.165, 1.54) is 19.4 Å². The van der Waals surface area contributed by atoms with Crippen LogP contribution >= 0.6 is 11.3 Å². The van der Waals surface area contributed by atoms with Crippen LogP contribution in [0, 0.1) is 0 Å². The molecule has 13 nitrogen and oxygen atoms in total. The van der Waals surface area contributed by atoms with Crippen LogP contribution < -0.4 is 11.1 Å². The Kier molecular flexibility index (Phi) is 5.97. The second-order valence-corrected chi connectivity index (χ2v) is 7.13. The molecule has 0 bridgehead atoms. The molecular weight excluding hydrogens is 406 g/mol. The van der Waals surface area contributed by atoms with Gasteiger partial charge in [0.05, 0.1) is 6.61 Å². The van der Waals surface area contributed by atoms with Gasteiger partial charge in [0.1, 0.15) is 18.8 Å². The SMILES string of the molecule is CCOC(=O)C1C(NC(=O)/C(=N\OC)c2csc(N)n2)C(=O)N1S(=O)(=O)O. The number of nitrogens with one attached hydrogen (secondary N) is 1. The van der Waals surface area contributed by atoms with Crippen LogP contribution in [-0.2, 0) is 34.3 Å².